The Labute approximate surface area is 112 Å². The van der Waals surface area contributed by atoms with E-state index in [-0.39, 0.29) is 5.91 Å². The van der Waals surface area contributed by atoms with Crippen LogP contribution in [0.3, 0.4) is 0 Å². The second kappa shape index (κ2) is 7.70. The van der Waals surface area contributed by atoms with Crippen molar-refractivity contribution in [1.29, 1.82) is 5.26 Å². The molecule has 0 aliphatic rings. The Morgan fingerprint density at radius 2 is 2.28 bits per heavy atom. The second-order valence-corrected chi connectivity index (χ2v) is 4.04. The first-order valence-corrected chi connectivity index (χ1v) is 6.10. The van der Waals surface area contributed by atoms with Crippen molar-refractivity contribution < 1.29 is 9.53 Å². The van der Waals surface area contributed by atoms with Crippen molar-refractivity contribution in [3.05, 3.63) is 35.4 Å². The van der Waals surface area contributed by atoms with E-state index in [4.69, 9.17) is 21.6 Å². The third-order valence-electron chi connectivity index (χ3n) is 2.45. The summed E-state index contributed by atoms with van der Waals surface area (Å²) in [6, 6.07) is 8.65. The molecule has 0 saturated heterocycles. The molecule has 0 unspecified atom stereocenters. The van der Waals surface area contributed by atoms with E-state index in [1.807, 2.05) is 6.07 Å². The normalized spacial score (nSPS) is 9.83. The minimum Gasteiger partial charge on any atom is -0.383 e. The van der Waals surface area contributed by atoms with Gasteiger partial charge in [0.2, 0.25) is 0 Å². The fraction of sp³-hybridized carbons (Fsp3) is 0.385. The van der Waals surface area contributed by atoms with Gasteiger partial charge in [-0.25, -0.2) is 0 Å². The summed E-state index contributed by atoms with van der Waals surface area (Å²) in [6.45, 7) is 1.40. The number of benzene rings is 1. The zero-order valence-electron chi connectivity index (χ0n) is 10.2. The molecule has 1 rings (SSSR count). The van der Waals surface area contributed by atoms with Gasteiger partial charge < -0.3 is 9.64 Å². The zero-order valence-corrected chi connectivity index (χ0v) is 11.0. The van der Waals surface area contributed by atoms with E-state index in [1.54, 1.807) is 36.3 Å². The lowest BCUT2D eigenvalue weighted by molar-refractivity contribution is 0.0708. The van der Waals surface area contributed by atoms with Crippen LogP contribution in [0.2, 0.25) is 0 Å². The average Bonchev–Trinajstić information content (AvgIpc) is 2.42. The number of halogens is 1. The molecule has 1 aromatic carbocycles. The van der Waals surface area contributed by atoms with Gasteiger partial charge in [0.05, 0.1) is 18.2 Å². The predicted molar refractivity (Wildman–Crippen MR) is 69.7 cm³/mol. The Hall–Kier alpha value is -1.57. The van der Waals surface area contributed by atoms with Gasteiger partial charge in [0.1, 0.15) is 0 Å². The Bertz CT molecular complexity index is 443. The molecular formula is C13H15ClN2O2. The smallest absolute Gasteiger partial charge is 0.254 e. The molecule has 96 valence electrons. The summed E-state index contributed by atoms with van der Waals surface area (Å²) in [6.07, 6.45) is 0. The molecular weight excluding hydrogens is 252 g/mol. The van der Waals surface area contributed by atoms with E-state index in [1.165, 1.54) is 0 Å². The van der Waals surface area contributed by atoms with Gasteiger partial charge in [0.15, 0.2) is 0 Å². The third-order valence-corrected chi connectivity index (χ3v) is 2.61. The van der Waals surface area contributed by atoms with Crippen molar-refractivity contribution in [2.75, 3.05) is 32.7 Å². The summed E-state index contributed by atoms with van der Waals surface area (Å²) >= 11 is 5.68. The highest BCUT2D eigenvalue weighted by Crippen LogP contribution is 2.08. The van der Waals surface area contributed by atoms with Gasteiger partial charge in [0.25, 0.3) is 5.91 Å². The number of hydrogen-bond donors (Lipinski definition) is 0. The highest BCUT2D eigenvalue weighted by atomic mass is 35.5. The molecule has 0 atom stereocenters. The molecule has 0 radical (unpaired) electrons. The molecule has 0 N–H and O–H groups in total. The van der Waals surface area contributed by atoms with E-state index in [2.05, 4.69) is 0 Å². The van der Waals surface area contributed by atoms with Gasteiger partial charge >= 0.3 is 0 Å². The Morgan fingerprint density at radius 1 is 1.50 bits per heavy atom. The summed E-state index contributed by atoms with van der Waals surface area (Å²) in [7, 11) is 1.58. The van der Waals surface area contributed by atoms with Crippen molar-refractivity contribution >= 4 is 17.5 Å². The van der Waals surface area contributed by atoms with Crippen LogP contribution in [0.15, 0.2) is 24.3 Å². The van der Waals surface area contributed by atoms with Crippen LogP contribution in [0.1, 0.15) is 15.9 Å². The lowest BCUT2D eigenvalue weighted by Gasteiger charge is -2.21. The van der Waals surface area contributed by atoms with E-state index in [0.29, 0.717) is 36.7 Å². The van der Waals surface area contributed by atoms with Gasteiger partial charge in [-0.05, 0) is 18.2 Å². The predicted octanol–water partition coefficient (Wildman–Crippen LogP) is 1.89. The van der Waals surface area contributed by atoms with Crippen molar-refractivity contribution in [2.24, 2.45) is 0 Å². The van der Waals surface area contributed by atoms with E-state index in [0.717, 1.165) is 0 Å². The van der Waals surface area contributed by atoms with Crippen LogP contribution in [0.25, 0.3) is 0 Å². The number of amides is 1. The van der Waals surface area contributed by atoms with E-state index >= 15 is 0 Å². The summed E-state index contributed by atoms with van der Waals surface area (Å²) in [5, 5.41) is 8.81. The van der Waals surface area contributed by atoms with Crippen molar-refractivity contribution in [3.8, 4) is 6.07 Å². The summed E-state index contributed by atoms with van der Waals surface area (Å²) < 4.78 is 4.96. The number of hydrogen-bond acceptors (Lipinski definition) is 3. The molecule has 1 amide bonds. The molecule has 0 heterocycles. The van der Waals surface area contributed by atoms with E-state index < -0.39 is 0 Å². The molecule has 0 aliphatic carbocycles. The number of nitrogens with zero attached hydrogens (tertiary/aromatic N) is 2. The number of alkyl halides is 1. The highest BCUT2D eigenvalue weighted by Gasteiger charge is 2.15. The van der Waals surface area contributed by atoms with Crippen LogP contribution >= 0.6 is 11.6 Å². The van der Waals surface area contributed by atoms with Crippen molar-refractivity contribution in [2.45, 2.75) is 0 Å². The maximum atomic E-state index is 12.2. The molecule has 0 saturated carbocycles. The lowest BCUT2D eigenvalue weighted by Crippen LogP contribution is -2.35. The molecule has 18 heavy (non-hydrogen) atoms. The molecule has 0 aromatic heterocycles. The summed E-state index contributed by atoms with van der Waals surface area (Å²) in [5.74, 6) is 0.234. The summed E-state index contributed by atoms with van der Waals surface area (Å²) in [5.41, 5.74) is 0.966. The fourth-order valence-electron chi connectivity index (χ4n) is 1.52. The van der Waals surface area contributed by atoms with Gasteiger partial charge in [-0.15, -0.1) is 11.6 Å². The largest absolute Gasteiger partial charge is 0.383 e. The number of methoxy groups -OCH3 is 1. The third kappa shape index (κ3) is 4.02. The van der Waals surface area contributed by atoms with Crippen LogP contribution in [0, 0.1) is 11.3 Å². The first-order chi connectivity index (χ1) is 8.72. The Morgan fingerprint density at radius 3 is 2.89 bits per heavy atom. The number of carbonyl (C=O) groups excluding carboxylic acids is 1. The first kappa shape index (κ1) is 14.5. The number of carbonyl (C=O) groups is 1. The minimum absolute atomic E-state index is 0.134. The number of ether oxygens (including phenoxy) is 1. The molecule has 0 fully saturated rings. The van der Waals surface area contributed by atoms with Gasteiger partial charge in [-0.1, -0.05) is 6.07 Å². The molecule has 4 nitrogen and oxygen atoms in total. The van der Waals surface area contributed by atoms with Gasteiger partial charge in [-0.2, -0.15) is 5.26 Å². The SMILES string of the molecule is COCCN(CCCl)C(=O)c1cccc(C#N)c1. The van der Waals surface area contributed by atoms with Crippen LogP contribution in [-0.4, -0.2) is 43.5 Å². The van der Waals surface area contributed by atoms with Crippen molar-refractivity contribution in [3.63, 3.8) is 0 Å². The quantitative estimate of drug-likeness (QED) is 0.739. The average molecular weight is 267 g/mol. The molecule has 5 heteroatoms. The maximum Gasteiger partial charge on any atom is 0.254 e. The monoisotopic (exact) mass is 266 g/mol. The number of rotatable bonds is 6. The van der Waals surface area contributed by atoms with Crippen LogP contribution in [0.4, 0.5) is 0 Å². The topological polar surface area (TPSA) is 53.3 Å². The van der Waals surface area contributed by atoms with Crippen LogP contribution in [0.5, 0.6) is 0 Å². The zero-order chi connectivity index (χ0) is 13.4. The molecule has 0 spiro atoms. The van der Waals surface area contributed by atoms with Crippen LogP contribution in [-0.2, 0) is 4.74 Å². The van der Waals surface area contributed by atoms with Crippen molar-refractivity contribution in [1.82, 2.24) is 4.90 Å². The highest BCUT2D eigenvalue weighted by molar-refractivity contribution is 6.18. The standard InChI is InChI=1S/C13H15ClN2O2/c1-18-8-7-16(6-5-14)13(17)12-4-2-3-11(9-12)10-15/h2-4,9H,5-8H2,1H3. The fourth-order valence-corrected chi connectivity index (χ4v) is 1.73. The molecule has 0 bridgehead atoms. The summed E-state index contributed by atoms with van der Waals surface area (Å²) in [4.78, 5) is 13.8. The molecule has 0 aliphatic heterocycles. The maximum absolute atomic E-state index is 12.2. The molecule has 1 aromatic rings. The van der Waals surface area contributed by atoms with Crippen LogP contribution < -0.4 is 0 Å². The Kier molecular flexibility index (Phi) is 6.20. The van der Waals surface area contributed by atoms with Gasteiger partial charge in [0, 0.05) is 31.6 Å². The Balaban J connectivity index is 2.84. The first-order valence-electron chi connectivity index (χ1n) is 5.57. The minimum atomic E-state index is -0.134. The number of nitriles is 1. The van der Waals surface area contributed by atoms with Gasteiger partial charge in [-0.3, -0.25) is 4.79 Å². The lowest BCUT2D eigenvalue weighted by atomic mass is 10.1. The second-order valence-electron chi connectivity index (χ2n) is 3.67. The van der Waals surface area contributed by atoms with E-state index in [9.17, 15) is 4.79 Å².